The maximum absolute atomic E-state index is 11.6. The highest BCUT2D eigenvalue weighted by Crippen LogP contribution is 2.16. The maximum atomic E-state index is 11.6. The zero-order chi connectivity index (χ0) is 11.5. The Morgan fingerprint density at radius 1 is 1.33 bits per heavy atom. The predicted octanol–water partition coefficient (Wildman–Crippen LogP) is 0.656. The third kappa shape index (κ3) is 3.74. The Balaban J connectivity index is 2.52. The second-order valence-corrected chi connectivity index (χ2v) is 6.25. The summed E-state index contributed by atoms with van der Waals surface area (Å²) in [5.41, 5.74) is 0. The van der Waals surface area contributed by atoms with Gasteiger partial charge in [-0.15, -0.1) is 0 Å². The number of sulfonamides is 1. The molecular formula is C10H22N2O2S. The molecule has 1 rings (SSSR count). The Kier molecular flexibility index (Phi) is 4.55. The van der Waals surface area contributed by atoms with Crippen LogP contribution in [0.15, 0.2) is 0 Å². The number of hydrogen-bond acceptors (Lipinski definition) is 3. The highest BCUT2D eigenvalue weighted by molar-refractivity contribution is 7.89. The van der Waals surface area contributed by atoms with Gasteiger partial charge in [0.25, 0.3) is 0 Å². The van der Waals surface area contributed by atoms with E-state index in [-0.39, 0.29) is 11.8 Å². The van der Waals surface area contributed by atoms with Crippen LogP contribution >= 0.6 is 0 Å². The summed E-state index contributed by atoms with van der Waals surface area (Å²) in [7, 11) is -3.06. The quantitative estimate of drug-likeness (QED) is 0.760. The third-order valence-electron chi connectivity index (χ3n) is 2.94. The van der Waals surface area contributed by atoms with Crippen LogP contribution in [0.1, 0.15) is 27.2 Å². The van der Waals surface area contributed by atoms with Crippen LogP contribution in [0.3, 0.4) is 0 Å². The fraction of sp³-hybridized carbons (Fsp3) is 1.00. The summed E-state index contributed by atoms with van der Waals surface area (Å²) >= 11 is 0. The maximum Gasteiger partial charge on any atom is 0.211 e. The van der Waals surface area contributed by atoms with Crippen molar-refractivity contribution in [3.63, 3.8) is 0 Å². The van der Waals surface area contributed by atoms with Crippen LogP contribution < -0.4 is 4.72 Å². The van der Waals surface area contributed by atoms with Crippen LogP contribution in [-0.4, -0.2) is 44.7 Å². The summed E-state index contributed by atoms with van der Waals surface area (Å²) in [6.07, 6.45) is 0.675. The second kappa shape index (κ2) is 5.27. The number of rotatable bonds is 5. The Bertz CT molecular complexity index is 290. The van der Waals surface area contributed by atoms with Crippen molar-refractivity contribution in [2.75, 3.05) is 25.4 Å². The summed E-state index contributed by atoms with van der Waals surface area (Å²) in [6, 6.07) is 0.0986. The van der Waals surface area contributed by atoms with Gasteiger partial charge in [-0.1, -0.05) is 20.8 Å². The minimum Gasteiger partial charge on any atom is -0.302 e. The van der Waals surface area contributed by atoms with E-state index < -0.39 is 10.0 Å². The van der Waals surface area contributed by atoms with Crippen LogP contribution in [0, 0.1) is 5.92 Å². The lowest BCUT2D eigenvalue weighted by molar-refractivity contribution is 0.344. The lowest BCUT2D eigenvalue weighted by Gasteiger charge is -2.16. The van der Waals surface area contributed by atoms with Gasteiger partial charge in [0.15, 0.2) is 0 Å². The number of likely N-dealkylation sites (N-methyl/N-ethyl adjacent to an activating group) is 1. The van der Waals surface area contributed by atoms with Crippen molar-refractivity contribution in [3.05, 3.63) is 0 Å². The summed E-state index contributed by atoms with van der Waals surface area (Å²) in [6.45, 7) is 8.94. The van der Waals surface area contributed by atoms with Gasteiger partial charge in [-0.3, -0.25) is 0 Å². The molecule has 4 nitrogen and oxygen atoms in total. The minimum absolute atomic E-state index is 0.0986. The molecule has 0 amide bonds. The van der Waals surface area contributed by atoms with Gasteiger partial charge in [0.2, 0.25) is 10.0 Å². The van der Waals surface area contributed by atoms with Crippen LogP contribution in [0.4, 0.5) is 0 Å². The molecule has 5 heteroatoms. The molecule has 1 aliphatic heterocycles. The number of nitrogens with one attached hydrogen (secondary N) is 1. The first-order valence-electron chi connectivity index (χ1n) is 5.70. The van der Waals surface area contributed by atoms with E-state index in [9.17, 15) is 8.42 Å². The Hall–Kier alpha value is -0.130. The molecule has 90 valence electrons. The van der Waals surface area contributed by atoms with E-state index in [0.29, 0.717) is 12.3 Å². The molecular weight excluding hydrogens is 212 g/mol. The molecule has 2 atom stereocenters. The van der Waals surface area contributed by atoms with Crippen molar-refractivity contribution in [1.29, 1.82) is 0 Å². The highest BCUT2D eigenvalue weighted by Gasteiger charge is 2.31. The first-order valence-corrected chi connectivity index (χ1v) is 7.36. The zero-order valence-electron chi connectivity index (χ0n) is 9.86. The monoisotopic (exact) mass is 234 g/mol. The van der Waals surface area contributed by atoms with Gasteiger partial charge in [-0.05, 0) is 18.9 Å². The molecule has 1 heterocycles. The topological polar surface area (TPSA) is 49.4 Å². The van der Waals surface area contributed by atoms with E-state index in [2.05, 4.69) is 23.5 Å². The van der Waals surface area contributed by atoms with Gasteiger partial charge in [-0.2, -0.15) is 0 Å². The highest BCUT2D eigenvalue weighted by atomic mass is 32.2. The van der Waals surface area contributed by atoms with Crippen LogP contribution in [-0.2, 0) is 10.0 Å². The summed E-state index contributed by atoms with van der Waals surface area (Å²) in [5.74, 6) is 0.652. The van der Waals surface area contributed by atoms with Gasteiger partial charge < -0.3 is 4.90 Å². The van der Waals surface area contributed by atoms with E-state index in [0.717, 1.165) is 19.6 Å². The van der Waals surface area contributed by atoms with Gasteiger partial charge in [0.05, 0.1) is 5.75 Å². The Morgan fingerprint density at radius 3 is 2.47 bits per heavy atom. The molecule has 15 heavy (non-hydrogen) atoms. The van der Waals surface area contributed by atoms with E-state index in [1.165, 1.54) is 0 Å². The molecule has 1 fully saturated rings. The SMILES string of the molecule is CCCS(=O)(=O)N[C@@H]1CN(CC)C[C@H]1C. The van der Waals surface area contributed by atoms with Crippen molar-refractivity contribution >= 4 is 10.0 Å². The molecule has 0 aromatic heterocycles. The molecule has 1 aliphatic rings. The van der Waals surface area contributed by atoms with E-state index in [4.69, 9.17) is 0 Å². The molecule has 1 N–H and O–H groups in total. The van der Waals surface area contributed by atoms with Crippen LogP contribution in [0.25, 0.3) is 0 Å². The molecule has 0 spiro atoms. The Labute approximate surface area is 93.1 Å². The molecule has 0 aromatic rings. The molecule has 0 unspecified atom stereocenters. The average molecular weight is 234 g/mol. The predicted molar refractivity (Wildman–Crippen MR) is 62.3 cm³/mol. The number of hydrogen-bond donors (Lipinski definition) is 1. The van der Waals surface area contributed by atoms with Crippen molar-refractivity contribution in [3.8, 4) is 0 Å². The lowest BCUT2D eigenvalue weighted by Crippen LogP contribution is -2.40. The Morgan fingerprint density at radius 2 is 2.00 bits per heavy atom. The molecule has 0 bridgehead atoms. The van der Waals surface area contributed by atoms with Crippen molar-refractivity contribution in [2.24, 2.45) is 5.92 Å². The summed E-state index contributed by atoms with van der Waals surface area (Å²) < 4.78 is 26.0. The minimum atomic E-state index is -3.06. The summed E-state index contributed by atoms with van der Waals surface area (Å²) in [5, 5.41) is 0. The lowest BCUT2D eigenvalue weighted by atomic mass is 10.1. The second-order valence-electron chi connectivity index (χ2n) is 4.37. The average Bonchev–Trinajstić information content (AvgIpc) is 2.46. The molecule has 1 saturated heterocycles. The molecule has 0 aromatic carbocycles. The fourth-order valence-corrected chi connectivity index (χ4v) is 3.46. The van der Waals surface area contributed by atoms with Crippen molar-refractivity contribution in [1.82, 2.24) is 9.62 Å². The smallest absolute Gasteiger partial charge is 0.211 e. The van der Waals surface area contributed by atoms with E-state index in [1.807, 2.05) is 6.92 Å². The van der Waals surface area contributed by atoms with Crippen LogP contribution in [0.2, 0.25) is 0 Å². The van der Waals surface area contributed by atoms with Gasteiger partial charge in [0.1, 0.15) is 0 Å². The number of likely N-dealkylation sites (tertiary alicyclic amines) is 1. The van der Waals surface area contributed by atoms with Gasteiger partial charge >= 0.3 is 0 Å². The molecule has 0 aliphatic carbocycles. The number of nitrogens with zero attached hydrogens (tertiary/aromatic N) is 1. The van der Waals surface area contributed by atoms with E-state index >= 15 is 0 Å². The standard InChI is InChI=1S/C10H22N2O2S/c1-4-6-15(13,14)11-10-8-12(5-2)7-9(10)3/h9-11H,4-8H2,1-3H3/t9-,10-/m1/s1. The zero-order valence-corrected chi connectivity index (χ0v) is 10.7. The van der Waals surface area contributed by atoms with Crippen molar-refractivity contribution < 1.29 is 8.42 Å². The van der Waals surface area contributed by atoms with E-state index in [1.54, 1.807) is 0 Å². The van der Waals surface area contributed by atoms with Crippen LogP contribution in [0.5, 0.6) is 0 Å². The first-order chi connectivity index (χ1) is 6.98. The van der Waals surface area contributed by atoms with Crippen molar-refractivity contribution in [2.45, 2.75) is 33.2 Å². The first kappa shape index (κ1) is 12.9. The largest absolute Gasteiger partial charge is 0.302 e. The van der Waals surface area contributed by atoms with Gasteiger partial charge in [-0.25, -0.2) is 13.1 Å². The normalized spacial score (nSPS) is 28.5. The molecule has 0 radical (unpaired) electrons. The fourth-order valence-electron chi connectivity index (χ4n) is 2.04. The molecule has 0 saturated carbocycles. The third-order valence-corrected chi connectivity index (χ3v) is 4.55. The summed E-state index contributed by atoms with van der Waals surface area (Å²) in [4.78, 5) is 2.28. The van der Waals surface area contributed by atoms with Gasteiger partial charge in [0, 0.05) is 19.1 Å².